The van der Waals surface area contributed by atoms with Gasteiger partial charge in [0.25, 0.3) is 0 Å². The van der Waals surface area contributed by atoms with E-state index in [-0.39, 0.29) is 12.2 Å². The second-order valence-corrected chi connectivity index (χ2v) is 5.77. The molecule has 1 amide bonds. The van der Waals surface area contributed by atoms with Crippen LogP contribution in [0, 0.1) is 11.6 Å². The smallest absolute Gasteiger partial charge is 0.243 e. The maximum atomic E-state index is 13.5. The summed E-state index contributed by atoms with van der Waals surface area (Å²) in [6, 6.07) is 10.9. The third-order valence-corrected chi connectivity index (χ3v) is 4.00. The van der Waals surface area contributed by atoms with Crippen molar-refractivity contribution in [3.63, 3.8) is 0 Å². The number of rotatable bonds is 5. The fourth-order valence-corrected chi connectivity index (χ4v) is 2.73. The number of halogens is 2. The molecule has 126 valence electrons. The maximum Gasteiger partial charge on any atom is 0.243 e. The van der Waals surface area contributed by atoms with Gasteiger partial charge in [-0.15, -0.1) is 0 Å². The molecule has 2 N–H and O–H groups in total. The Morgan fingerprint density at radius 2 is 1.75 bits per heavy atom. The third-order valence-electron chi connectivity index (χ3n) is 4.00. The molecule has 1 fully saturated rings. The van der Waals surface area contributed by atoms with E-state index < -0.39 is 17.5 Å². The summed E-state index contributed by atoms with van der Waals surface area (Å²) in [7, 11) is 0. The van der Waals surface area contributed by atoms with Crippen LogP contribution in [0.3, 0.4) is 0 Å². The van der Waals surface area contributed by atoms with Gasteiger partial charge in [0.05, 0.1) is 12.2 Å². The average molecular weight is 331 g/mol. The second-order valence-electron chi connectivity index (χ2n) is 5.77. The average Bonchev–Trinajstić information content (AvgIpc) is 3.11. The van der Waals surface area contributed by atoms with Gasteiger partial charge in [0.15, 0.2) is 0 Å². The van der Waals surface area contributed by atoms with E-state index in [2.05, 4.69) is 15.5 Å². The Morgan fingerprint density at radius 1 is 1.04 bits per heavy atom. The van der Waals surface area contributed by atoms with Gasteiger partial charge >= 0.3 is 0 Å². The minimum absolute atomic E-state index is 0.000122. The van der Waals surface area contributed by atoms with Crippen molar-refractivity contribution < 1.29 is 13.6 Å². The molecule has 1 aliphatic heterocycles. The number of anilines is 3. The molecular formula is C18H19F2N3O. The Hall–Kier alpha value is -2.63. The molecule has 0 aliphatic carbocycles. The highest BCUT2D eigenvalue weighted by atomic mass is 19.1. The summed E-state index contributed by atoms with van der Waals surface area (Å²) in [5, 5.41) is 5.40. The summed E-state index contributed by atoms with van der Waals surface area (Å²) in [4.78, 5) is 14.2. The lowest BCUT2D eigenvalue weighted by atomic mass is 10.2. The number of hydrogen-bond donors (Lipinski definition) is 2. The minimum atomic E-state index is -0.793. The second kappa shape index (κ2) is 7.29. The van der Waals surface area contributed by atoms with Crippen LogP contribution >= 0.6 is 0 Å². The van der Waals surface area contributed by atoms with Gasteiger partial charge in [-0.1, -0.05) is 0 Å². The van der Waals surface area contributed by atoms with E-state index in [1.54, 1.807) is 0 Å². The van der Waals surface area contributed by atoms with Crippen LogP contribution in [0.15, 0.2) is 42.5 Å². The monoisotopic (exact) mass is 331 g/mol. The highest BCUT2D eigenvalue weighted by Gasteiger charge is 2.12. The molecule has 1 saturated heterocycles. The summed E-state index contributed by atoms with van der Waals surface area (Å²) in [6.45, 7) is 2.16. The SMILES string of the molecule is O=C(CNc1ccc(N2CCCC2)cc1)Nc1ccc(F)cc1F. The first-order valence-electron chi connectivity index (χ1n) is 7.95. The van der Waals surface area contributed by atoms with Crippen LogP contribution in [0.4, 0.5) is 25.8 Å². The lowest BCUT2D eigenvalue weighted by molar-refractivity contribution is -0.114. The fourth-order valence-electron chi connectivity index (χ4n) is 2.73. The van der Waals surface area contributed by atoms with Crippen LogP contribution in [-0.4, -0.2) is 25.5 Å². The molecule has 2 aromatic carbocycles. The van der Waals surface area contributed by atoms with E-state index in [0.29, 0.717) is 0 Å². The van der Waals surface area contributed by atoms with E-state index in [4.69, 9.17) is 0 Å². The molecule has 0 bridgehead atoms. The van der Waals surface area contributed by atoms with E-state index >= 15 is 0 Å². The van der Waals surface area contributed by atoms with Gasteiger partial charge in [-0.05, 0) is 49.2 Å². The molecule has 24 heavy (non-hydrogen) atoms. The minimum Gasteiger partial charge on any atom is -0.376 e. The molecule has 6 heteroatoms. The van der Waals surface area contributed by atoms with Crippen molar-refractivity contribution in [2.24, 2.45) is 0 Å². The van der Waals surface area contributed by atoms with Crippen molar-refractivity contribution in [1.82, 2.24) is 0 Å². The first kappa shape index (κ1) is 16.2. The molecule has 2 aromatic rings. The number of carbonyl (C=O) groups is 1. The molecule has 0 aromatic heterocycles. The normalized spacial score (nSPS) is 13.8. The zero-order valence-electron chi connectivity index (χ0n) is 13.2. The fraction of sp³-hybridized carbons (Fsp3) is 0.278. The first-order chi connectivity index (χ1) is 11.6. The van der Waals surface area contributed by atoms with E-state index in [1.165, 1.54) is 24.6 Å². The zero-order valence-corrected chi connectivity index (χ0v) is 13.2. The first-order valence-corrected chi connectivity index (χ1v) is 7.95. The summed E-state index contributed by atoms with van der Waals surface area (Å²) in [6.07, 6.45) is 2.44. The number of nitrogens with one attached hydrogen (secondary N) is 2. The van der Waals surface area contributed by atoms with E-state index in [0.717, 1.165) is 30.9 Å². The van der Waals surface area contributed by atoms with E-state index in [1.807, 2.05) is 24.3 Å². The standard InChI is InChI=1S/C18H19F2N3O/c19-13-3-8-17(16(20)11-13)22-18(24)12-21-14-4-6-15(7-5-14)23-9-1-2-10-23/h3-8,11,21H,1-2,9-10,12H2,(H,22,24). The zero-order chi connectivity index (χ0) is 16.9. The topological polar surface area (TPSA) is 44.4 Å². The molecule has 3 rings (SSSR count). The lowest BCUT2D eigenvalue weighted by Crippen LogP contribution is -2.22. The Bertz CT molecular complexity index is 713. The molecular weight excluding hydrogens is 312 g/mol. The summed E-state index contributed by atoms with van der Waals surface area (Å²) < 4.78 is 26.3. The van der Waals surface area contributed by atoms with Crippen LogP contribution < -0.4 is 15.5 Å². The third kappa shape index (κ3) is 4.01. The van der Waals surface area contributed by atoms with Crippen LogP contribution in [0.2, 0.25) is 0 Å². The predicted octanol–water partition coefficient (Wildman–Crippen LogP) is 3.62. The lowest BCUT2D eigenvalue weighted by Gasteiger charge is -2.18. The number of carbonyl (C=O) groups excluding carboxylic acids is 1. The van der Waals surface area contributed by atoms with Gasteiger partial charge in [0, 0.05) is 30.5 Å². The van der Waals surface area contributed by atoms with Gasteiger partial charge in [-0.25, -0.2) is 8.78 Å². The van der Waals surface area contributed by atoms with Gasteiger partial charge < -0.3 is 15.5 Å². The van der Waals surface area contributed by atoms with Crippen molar-refractivity contribution >= 4 is 23.0 Å². The van der Waals surface area contributed by atoms with Crippen molar-refractivity contribution in [2.75, 3.05) is 35.2 Å². The van der Waals surface area contributed by atoms with Gasteiger partial charge in [0.2, 0.25) is 5.91 Å². The molecule has 0 radical (unpaired) electrons. The number of nitrogens with zero attached hydrogens (tertiary/aromatic N) is 1. The van der Waals surface area contributed by atoms with E-state index in [9.17, 15) is 13.6 Å². The molecule has 4 nitrogen and oxygen atoms in total. The van der Waals surface area contributed by atoms with Crippen molar-refractivity contribution in [2.45, 2.75) is 12.8 Å². The Balaban J connectivity index is 1.52. The molecule has 0 saturated carbocycles. The highest BCUT2D eigenvalue weighted by molar-refractivity contribution is 5.93. The van der Waals surface area contributed by atoms with Crippen molar-refractivity contribution in [1.29, 1.82) is 0 Å². The van der Waals surface area contributed by atoms with Gasteiger partial charge in [0.1, 0.15) is 11.6 Å². The molecule has 1 aliphatic rings. The quantitative estimate of drug-likeness (QED) is 0.880. The Morgan fingerprint density at radius 3 is 2.42 bits per heavy atom. The molecule has 0 atom stereocenters. The van der Waals surface area contributed by atoms with Gasteiger partial charge in [-0.2, -0.15) is 0 Å². The van der Waals surface area contributed by atoms with Crippen molar-refractivity contribution in [3.8, 4) is 0 Å². The molecule has 0 unspecified atom stereocenters. The number of hydrogen-bond acceptors (Lipinski definition) is 3. The predicted molar refractivity (Wildman–Crippen MR) is 91.4 cm³/mol. The molecule has 1 heterocycles. The van der Waals surface area contributed by atoms with Gasteiger partial charge in [-0.3, -0.25) is 4.79 Å². The van der Waals surface area contributed by atoms with Crippen LogP contribution in [-0.2, 0) is 4.79 Å². The van der Waals surface area contributed by atoms with Crippen LogP contribution in [0.25, 0.3) is 0 Å². The Kier molecular flexibility index (Phi) is 4.93. The largest absolute Gasteiger partial charge is 0.376 e. The maximum absolute atomic E-state index is 13.5. The number of benzene rings is 2. The Labute approximate surface area is 139 Å². The van der Waals surface area contributed by atoms with Crippen LogP contribution in [0.5, 0.6) is 0 Å². The highest BCUT2D eigenvalue weighted by Crippen LogP contribution is 2.22. The summed E-state index contributed by atoms with van der Waals surface area (Å²) in [5.74, 6) is -1.87. The summed E-state index contributed by atoms with van der Waals surface area (Å²) >= 11 is 0. The molecule has 0 spiro atoms. The van der Waals surface area contributed by atoms with Crippen LogP contribution in [0.1, 0.15) is 12.8 Å². The van der Waals surface area contributed by atoms with Crippen molar-refractivity contribution in [3.05, 3.63) is 54.1 Å². The summed E-state index contributed by atoms with van der Waals surface area (Å²) in [5.41, 5.74) is 1.95. The number of amides is 1.